The highest BCUT2D eigenvalue weighted by atomic mass is 32.1. The Balaban J connectivity index is 1.75. The average molecular weight is 419 g/mol. The summed E-state index contributed by atoms with van der Waals surface area (Å²) in [7, 11) is 0. The molecule has 3 rings (SSSR count). The van der Waals surface area contributed by atoms with Crippen molar-refractivity contribution in [2.75, 3.05) is 10.6 Å². The second-order valence-corrected chi connectivity index (χ2v) is 7.22. The SMILES string of the molecule is CC(=O)Nc1ccc(NC(=O)c2sc(-c3ccc(C(F)(F)F)cc3)nc2C)cc1. The summed E-state index contributed by atoms with van der Waals surface area (Å²) < 4.78 is 38.1. The van der Waals surface area contributed by atoms with Crippen molar-refractivity contribution in [3.05, 3.63) is 64.7 Å². The van der Waals surface area contributed by atoms with Crippen LogP contribution in [-0.2, 0) is 11.0 Å². The monoisotopic (exact) mass is 419 g/mol. The van der Waals surface area contributed by atoms with Crippen LogP contribution in [-0.4, -0.2) is 16.8 Å². The summed E-state index contributed by atoms with van der Waals surface area (Å²) in [6.07, 6.45) is -4.40. The van der Waals surface area contributed by atoms with Gasteiger partial charge in [-0.3, -0.25) is 9.59 Å². The van der Waals surface area contributed by atoms with Gasteiger partial charge in [-0.05, 0) is 43.3 Å². The molecule has 9 heteroatoms. The minimum Gasteiger partial charge on any atom is -0.326 e. The number of rotatable bonds is 4. The van der Waals surface area contributed by atoms with E-state index >= 15 is 0 Å². The highest BCUT2D eigenvalue weighted by Gasteiger charge is 2.30. The quantitative estimate of drug-likeness (QED) is 0.599. The van der Waals surface area contributed by atoms with Gasteiger partial charge in [-0.1, -0.05) is 12.1 Å². The van der Waals surface area contributed by atoms with E-state index < -0.39 is 11.7 Å². The fourth-order valence-electron chi connectivity index (χ4n) is 2.56. The number of anilines is 2. The summed E-state index contributed by atoms with van der Waals surface area (Å²) in [6.45, 7) is 3.06. The summed E-state index contributed by atoms with van der Waals surface area (Å²) in [6, 6.07) is 11.3. The molecule has 0 saturated heterocycles. The first kappa shape index (κ1) is 20.5. The molecule has 0 aliphatic rings. The smallest absolute Gasteiger partial charge is 0.326 e. The molecule has 0 radical (unpaired) electrons. The standard InChI is InChI=1S/C20H16F3N3O2S/c1-11-17(18(28)26-16-9-7-15(8-10-16)25-12(2)27)29-19(24-11)13-3-5-14(6-4-13)20(21,22)23/h3-10H,1-2H3,(H,25,27)(H,26,28). The number of nitrogens with one attached hydrogen (secondary N) is 2. The van der Waals surface area contributed by atoms with E-state index in [2.05, 4.69) is 15.6 Å². The van der Waals surface area contributed by atoms with Crippen LogP contribution in [0.4, 0.5) is 24.5 Å². The molecule has 1 heterocycles. The third kappa shape index (κ3) is 5.00. The van der Waals surface area contributed by atoms with Crippen molar-refractivity contribution in [2.24, 2.45) is 0 Å². The lowest BCUT2D eigenvalue weighted by atomic mass is 10.1. The first-order valence-electron chi connectivity index (χ1n) is 8.47. The predicted octanol–water partition coefficient (Wildman–Crippen LogP) is 5.35. The summed E-state index contributed by atoms with van der Waals surface area (Å²) in [5.41, 5.74) is 1.39. The van der Waals surface area contributed by atoms with Crippen molar-refractivity contribution in [3.63, 3.8) is 0 Å². The summed E-state index contributed by atoms with van der Waals surface area (Å²) >= 11 is 1.10. The lowest BCUT2D eigenvalue weighted by Crippen LogP contribution is -2.11. The minimum atomic E-state index is -4.40. The third-order valence-electron chi connectivity index (χ3n) is 3.93. The van der Waals surface area contributed by atoms with E-state index in [0.717, 1.165) is 23.5 Å². The molecule has 29 heavy (non-hydrogen) atoms. The average Bonchev–Trinajstić information content (AvgIpc) is 3.04. The van der Waals surface area contributed by atoms with Gasteiger partial charge < -0.3 is 10.6 Å². The van der Waals surface area contributed by atoms with Gasteiger partial charge in [0.1, 0.15) is 9.88 Å². The van der Waals surface area contributed by atoms with E-state index in [9.17, 15) is 22.8 Å². The maximum atomic E-state index is 12.7. The van der Waals surface area contributed by atoms with Gasteiger partial charge in [0.25, 0.3) is 5.91 Å². The van der Waals surface area contributed by atoms with E-state index in [1.54, 1.807) is 31.2 Å². The molecule has 0 atom stereocenters. The Morgan fingerprint density at radius 2 is 1.48 bits per heavy atom. The van der Waals surface area contributed by atoms with E-state index in [1.165, 1.54) is 19.1 Å². The molecule has 0 saturated carbocycles. The van der Waals surface area contributed by atoms with Crippen molar-refractivity contribution in [1.29, 1.82) is 0 Å². The van der Waals surface area contributed by atoms with Gasteiger partial charge in [0.05, 0.1) is 11.3 Å². The number of alkyl halides is 3. The second kappa shape index (κ2) is 8.04. The zero-order chi connectivity index (χ0) is 21.2. The normalized spacial score (nSPS) is 11.2. The number of hydrogen-bond donors (Lipinski definition) is 2. The molecule has 2 aromatic carbocycles. The molecule has 0 unspecified atom stereocenters. The van der Waals surface area contributed by atoms with Crippen molar-refractivity contribution in [3.8, 4) is 10.6 Å². The molecule has 0 aliphatic heterocycles. The first-order chi connectivity index (χ1) is 13.6. The van der Waals surface area contributed by atoms with Gasteiger partial charge in [0, 0.05) is 23.9 Å². The molecule has 2 N–H and O–H groups in total. The third-order valence-corrected chi connectivity index (χ3v) is 5.13. The fourth-order valence-corrected chi connectivity index (χ4v) is 3.53. The van der Waals surface area contributed by atoms with Crippen LogP contribution in [0.15, 0.2) is 48.5 Å². The van der Waals surface area contributed by atoms with Gasteiger partial charge in [0.15, 0.2) is 0 Å². The summed E-state index contributed by atoms with van der Waals surface area (Å²) in [4.78, 5) is 28.3. The molecule has 5 nitrogen and oxygen atoms in total. The van der Waals surface area contributed by atoms with Crippen LogP contribution in [0.3, 0.4) is 0 Å². The zero-order valence-electron chi connectivity index (χ0n) is 15.4. The Morgan fingerprint density at radius 3 is 2.00 bits per heavy atom. The highest BCUT2D eigenvalue weighted by molar-refractivity contribution is 7.17. The van der Waals surface area contributed by atoms with Crippen molar-refractivity contribution < 1.29 is 22.8 Å². The lowest BCUT2D eigenvalue weighted by Gasteiger charge is -2.06. The maximum absolute atomic E-state index is 12.7. The summed E-state index contributed by atoms with van der Waals surface area (Å²) in [5.74, 6) is -0.566. The molecular weight excluding hydrogens is 403 g/mol. The van der Waals surface area contributed by atoms with Crippen LogP contribution >= 0.6 is 11.3 Å². The number of hydrogen-bond acceptors (Lipinski definition) is 4. The number of aryl methyl sites for hydroxylation is 1. The van der Waals surface area contributed by atoms with Gasteiger partial charge in [-0.25, -0.2) is 4.98 Å². The fraction of sp³-hybridized carbons (Fsp3) is 0.150. The topological polar surface area (TPSA) is 71.1 Å². The van der Waals surface area contributed by atoms with Crippen LogP contribution in [0, 0.1) is 6.92 Å². The Hall–Kier alpha value is -3.20. The Bertz CT molecular complexity index is 1040. The van der Waals surface area contributed by atoms with Crippen molar-refractivity contribution in [2.45, 2.75) is 20.0 Å². The number of carbonyl (C=O) groups is 2. The Kier molecular flexibility index (Phi) is 5.69. The van der Waals surface area contributed by atoms with Gasteiger partial charge in [0.2, 0.25) is 5.91 Å². The number of benzene rings is 2. The van der Waals surface area contributed by atoms with E-state index in [1.807, 2.05) is 0 Å². The predicted molar refractivity (Wildman–Crippen MR) is 106 cm³/mol. The van der Waals surface area contributed by atoms with Gasteiger partial charge >= 0.3 is 6.18 Å². The number of nitrogens with zero attached hydrogens (tertiary/aromatic N) is 1. The molecule has 0 bridgehead atoms. The van der Waals surface area contributed by atoms with Crippen molar-refractivity contribution in [1.82, 2.24) is 4.98 Å². The first-order valence-corrected chi connectivity index (χ1v) is 9.29. The molecule has 1 aromatic heterocycles. The molecule has 150 valence electrons. The van der Waals surface area contributed by atoms with Crippen LogP contribution in [0.1, 0.15) is 27.9 Å². The van der Waals surface area contributed by atoms with Gasteiger partial charge in [-0.2, -0.15) is 13.2 Å². The number of aromatic nitrogens is 1. The molecule has 0 spiro atoms. The van der Waals surface area contributed by atoms with Crippen LogP contribution in [0.25, 0.3) is 10.6 Å². The van der Waals surface area contributed by atoms with Crippen molar-refractivity contribution >= 4 is 34.5 Å². The number of thiazole rings is 1. The highest BCUT2D eigenvalue weighted by Crippen LogP contribution is 2.33. The summed E-state index contributed by atoms with van der Waals surface area (Å²) in [5, 5.41) is 5.83. The molecule has 2 amide bonds. The molecule has 3 aromatic rings. The molecule has 0 aliphatic carbocycles. The number of halogens is 3. The second-order valence-electron chi connectivity index (χ2n) is 6.22. The van der Waals surface area contributed by atoms with Crippen LogP contribution < -0.4 is 10.6 Å². The van der Waals surface area contributed by atoms with Gasteiger partial charge in [-0.15, -0.1) is 11.3 Å². The van der Waals surface area contributed by atoms with Crippen LogP contribution in [0.5, 0.6) is 0 Å². The maximum Gasteiger partial charge on any atom is 0.416 e. The molecule has 0 fully saturated rings. The van der Waals surface area contributed by atoms with E-state index in [-0.39, 0.29) is 11.8 Å². The zero-order valence-corrected chi connectivity index (χ0v) is 16.2. The number of carbonyl (C=O) groups excluding carboxylic acids is 2. The molecular formula is C20H16F3N3O2S. The van der Waals surface area contributed by atoms with E-state index in [0.29, 0.717) is 32.5 Å². The number of amides is 2. The van der Waals surface area contributed by atoms with E-state index in [4.69, 9.17) is 0 Å². The Labute approximate surface area is 168 Å². The Morgan fingerprint density at radius 1 is 0.931 bits per heavy atom. The largest absolute Gasteiger partial charge is 0.416 e. The minimum absolute atomic E-state index is 0.196. The lowest BCUT2D eigenvalue weighted by molar-refractivity contribution is -0.137. The van der Waals surface area contributed by atoms with Crippen LogP contribution in [0.2, 0.25) is 0 Å².